The third-order valence-electron chi connectivity index (χ3n) is 2.94. The van der Waals surface area contributed by atoms with Crippen molar-refractivity contribution in [3.05, 3.63) is 46.9 Å². The molecule has 3 nitrogen and oxygen atoms in total. The molecule has 0 saturated heterocycles. The third kappa shape index (κ3) is 2.74. The number of unbranched alkanes of at least 4 members (excludes halogenated alkanes) is 2. The lowest BCUT2D eigenvalue weighted by atomic mass is 10.2. The average molecular weight is 231 g/mol. The van der Waals surface area contributed by atoms with Gasteiger partial charge in [0.25, 0.3) is 5.56 Å². The molecule has 17 heavy (non-hydrogen) atoms. The predicted molar refractivity (Wildman–Crippen MR) is 69.1 cm³/mol. The molecule has 0 aliphatic carbocycles. The van der Waals surface area contributed by atoms with Gasteiger partial charge >= 0.3 is 0 Å². The fraction of sp³-hybridized carbons (Fsp3) is 0.357. The fourth-order valence-electron chi connectivity index (χ4n) is 1.98. The maximum Gasteiger partial charge on any atom is 0.258 e. The third-order valence-corrected chi connectivity index (χ3v) is 2.94. The summed E-state index contributed by atoms with van der Waals surface area (Å²) in [6, 6.07) is 9.62. The first-order valence-corrected chi connectivity index (χ1v) is 6.02. The number of aryl methyl sites for hydroxylation is 1. The Kier molecular flexibility index (Phi) is 3.94. The molecule has 0 aliphatic rings. The van der Waals surface area contributed by atoms with Crippen LogP contribution in [-0.2, 0) is 6.54 Å². The van der Waals surface area contributed by atoms with Crippen molar-refractivity contribution >= 4 is 10.8 Å². The average Bonchev–Trinajstić information content (AvgIpc) is 2.37. The van der Waals surface area contributed by atoms with Crippen LogP contribution in [0.25, 0.3) is 10.8 Å². The summed E-state index contributed by atoms with van der Waals surface area (Å²) >= 11 is 0. The molecule has 2 aromatic rings. The molecule has 1 aromatic carbocycles. The Hall–Kier alpha value is -1.61. The summed E-state index contributed by atoms with van der Waals surface area (Å²) in [6.45, 7) is 0.955. The molecule has 0 unspecified atom stereocenters. The lowest BCUT2D eigenvalue weighted by Crippen LogP contribution is -2.19. The zero-order valence-electron chi connectivity index (χ0n) is 9.80. The predicted octanol–water partition coefficient (Wildman–Crippen LogP) is 2.16. The quantitative estimate of drug-likeness (QED) is 0.801. The largest absolute Gasteiger partial charge is 0.396 e. The van der Waals surface area contributed by atoms with E-state index < -0.39 is 0 Å². The minimum absolute atomic E-state index is 0.0760. The number of pyridine rings is 1. The smallest absolute Gasteiger partial charge is 0.258 e. The minimum atomic E-state index is 0.0760. The summed E-state index contributed by atoms with van der Waals surface area (Å²) in [7, 11) is 0. The van der Waals surface area contributed by atoms with E-state index in [1.807, 2.05) is 36.5 Å². The van der Waals surface area contributed by atoms with Crippen molar-refractivity contribution in [1.82, 2.24) is 4.57 Å². The van der Waals surface area contributed by atoms with Gasteiger partial charge in [0.05, 0.1) is 0 Å². The Morgan fingerprint density at radius 2 is 1.88 bits per heavy atom. The van der Waals surface area contributed by atoms with Gasteiger partial charge in [-0.3, -0.25) is 4.79 Å². The lowest BCUT2D eigenvalue weighted by Gasteiger charge is -2.06. The van der Waals surface area contributed by atoms with Crippen molar-refractivity contribution < 1.29 is 5.11 Å². The summed E-state index contributed by atoms with van der Waals surface area (Å²) in [4.78, 5) is 12.1. The van der Waals surface area contributed by atoms with Gasteiger partial charge in [-0.1, -0.05) is 18.2 Å². The SMILES string of the molecule is O=c1c2ccccc2ccn1CCCCCO. The van der Waals surface area contributed by atoms with Gasteiger partial charge in [-0.25, -0.2) is 0 Å². The molecule has 90 valence electrons. The summed E-state index contributed by atoms with van der Waals surface area (Å²) in [6.07, 6.45) is 4.54. The van der Waals surface area contributed by atoms with Gasteiger partial charge < -0.3 is 9.67 Å². The second kappa shape index (κ2) is 5.64. The molecule has 0 fully saturated rings. The zero-order valence-corrected chi connectivity index (χ0v) is 9.80. The second-order valence-corrected chi connectivity index (χ2v) is 4.19. The molecule has 2 rings (SSSR count). The molecular weight excluding hydrogens is 214 g/mol. The van der Waals surface area contributed by atoms with Gasteiger partial charge in [-0.05, 0) is 36.8 Å². The van der Waals surface area contributed by atoms with Crippen LogP contribution in [0.1, 0.15) is 19.3 Å². The fourth-order valence-corrected chi connectivity index (χ4v) is 1.98. The number of aromatic nitrogens is 1. The molecule has 1 heterocycles. The molecule has 0 spiro atoms. The molecule has 1 N–H and O–H groups in total. The maximum atomic E-state index is 12.1. The number of hydrogen-bond acceptors (Lipinski definition) is 2. The van der Waals surface area contributed by atoms with Crippen LogP contribution in [-0.4, -0.2) is 16.3 Å². The summed E-state index contributed by atoms with van der Waals surface area (Å²) in [5.41, 5.74) is 0.0760. The number of aliphatic hydroxyl groups is 1. The molecule has 0 aliphatic heterocycles. The molecule has 3 heteroatoms. The van der Waals surface area contributed by atoms with E-state index in [4.69, 9.17) is 5.11 Å². The molecule has 0 atom stereocenters. The molecule has 0 saturated carbocycles. The second-order valence-electron chi connectivity index (χ2n) is 4.19. The number of rotatable bonds is 5. The number of benzene rings is 1. The summed E-state index contributed by atoms with van der Waals surface area (Å²) < 4.78 is 1.75. The van der Waals surface area contributed by atoms with Crippen LogP contribution in [0.2, 0.25) is 0 Å². The molecular formula is C14H17NO2. The Morgan fingerprint density at radius 1 is 1.06 bits per heavy atom. The van der Waals surface area contributed by atoms with Crippen molar-refractivity contribution in [3.8, 4) is 0 Å². The number of nitrogens with zero attached hydrogens (tertiary/aromatic N) is 1. The topological polar surface area (TPSA) is 42.2 Å². The van der Waals surface area contributed by atoms with Crippen molar-refractivity contribution in [2.75, 3.05) is 6.61 Å². The first-order valence-electron chi connectivity index (χ1n) is 6.02. The van der Waals surface area contributed by atoms with Gasteiger partial charge in [-0.2, -0.15) is 0 Å². The Morgan fingerprint density at radius 3 is 2.71 bits per heavy atom. The van der Waals surface area contributed by atoms with Crippen LogP contribution >= 0.6 is 0 Å². The van der Waals surface area contributed by atoms with Crippen LogP contribution in [0.3, 0.4) is 0 Å². The molecule has 0 radical (unpaired) electrons. The number of aliphatic hydroxyl groups excluding tert-OH is 1. The van der Waals surface area contributed by atoms with E-state index in [1.165, 1.54) is 0 Å². The highest BCUT2D eigenvalue weighted by Gasteiger charge is 2.01. The molecule has 1 aromatic heterocycles. The van der Waals surface area contributed by atoms with E-state index in [0.717, 1.165) is 36.6 Å². The van der Waals surface area contributed by atoms with Crippen molar-refractivity contribution in [2.45, 2.75) is 25.8 Å². The highest BCUT2D eigenvalue weighted by atomic mass is 16.2. The first-order chi connectivity index (χ1) is 8.33. The maximum absolute atomic E-state index is 12.1. The van der Waals surface area contributed by atoms with E-state index in [1.54, 1.807) is 4.57 Å². The van der Waals surface area contributed by atoms with Gasteiger partial charge in [0, 0.05) is 24.7 Å². The lowest BCUT2D eigenvalue weighted by molar-refractivity contribution is 0.282. The van der Waals surface area contributed by atoms with Crippen LogP contribution in [0.4, 0.5) is 0 Å². The van der Waals surface area contributed by atoms with Crippen LogP contribution in [0.5, 0.6) is 0 Å². The monoisotopic (exact) mass is 231 g/mol. The minimum Gasteiger partial charge on any atom is -0.396 e. The van der Waals surface area contributed by atoms with E-state index >= 15 is 0 Å². The Bertz CT molecular complexity index is 545. The van der Waals surface area contributed by atoms with Gasteiger partial charge in [0.2, 0.25) is 0 Å². The Balaban J connectivity index is 2.18. The normalized spacial score (nSPS) is 10.9. The zero-order chi connectivity index (χ0) is 12.1. The highest BCUT2D eigenvalue weighted by molar-refractivity contribution is 5.81. The Labute approximate surface area is 100 Å². The van der Waals surface area contributed by atoms with Crippen molar-refractivity contribution in [2.24, 2.45) is 0 Å². The van der Waals surface area contributed by atoms with E-state index in [-0.39, 0.29) is 12.2 Å². The standard InChI is InChI=1S/C14H17NO2/c16-11-5-1-4-9-15-10-8-12-6-2-3-7-13(12)14(15)17/h2-3,6-8,10,16H,1,4-5,9,11H2. The van der Waals surface area contributed by atoms with E-state index in [0.29, 0.717) is 0 Å². The van der Waals surface area contributed by atoms with Crippen LogP contribution in [0, 0.1) is 0 Å². The van der Waals surface area contributed by atoms with Crippen LogP contribution < -0.4 is 5.56 Å². The first kappa shape index (κ1) is 11.9. The number of fused-ring (bicyclic) bond motifs is 1. The van der Waals surface area contributed by atoms with Gasteiger partial charge in [0.15, 0.2) is 0 Å². The summed E-state index contributed by atoms with van der Waals surface area (Å²) in [5, 5.41) is 10.5. The van der Waals surface area contributed by atoms with Gasteiger partial charge in [-0.15, -0.1) is 0 Å². The number of hydrogen-bond donors (Lipinski definition) is 1. The molecule has 0 amide bonds. The van der Waals surface area contributed by atoms with Gasteiger partial charge in [0.1, 0.15) is 0 Å². The van der Waals surface area contributed by atoms with E-state index in [2.05, 4.69) is 0 Å². The van der Waals surface area contributed by atoms with Crippen molar-refractivity contribution in [1.29, 1.82) is 0 Å². The van der Waals surface area contributed by atoms with Crippen molar-refractivity contribution in [3.63, 3.8) is 0 Å². The molecule has 0 bridgehead atoms. The summed E-state index contributed by atoms with van der Waals surface area (Å²) in [5.74, 6) is 0. The van der Waals surface area contributed by atoms with E-state index in [9.17, 15) is 4.79 Å². The highest BCUT2D eigenvalue weighted by Crippen LogP contribution is 2.08. The van der Waals surface area contributed by atoms with Crippen LogP contribution in [0.15, 0.2) is 41.3 Å².